The molecular weight excluding hydrogens is 358 g/mol. The molecule has 2 aliphatic rings. The zero-order chi connectivity index (χ0) is 19.7. The molecule has 0 spiro atoms. The van der Waals surface area contributed by atoms with Crippen LogP contribution in [0.25, 0.3) is 10.9 Å². The fourth-order valence-electron chi connectivity index (χ4n) is 3.07. The van der Waals surface area contributed by atoms with Crippen LogP contribution in [0.1, 0.15) is 47.7 Å². The number of nitrogens with one attached hydrogen (secondary N) is 1. The molecule has 4 rings (SSSR count). The first kappa shape index (κ1) is 18.4. The molecule has 2 aliphatic carbocycles. The van der Waals surface area contributed by atoms with Gasteiger partial charge < -0.3 is 15.0 Å². The molecule has 0 bridgehead atoms. The Balaban J connectivity index is 1.40. The fraction of sp³-hybridized carbons (Fsp3) is 0.429. The van der Waals surface area contributed by atoms with Gasteiger partial charge >= 0.3 is 5.97 Å². The van der Waals surface area contributed by atoms with Crippen molar-refractivity contribution in [1.82, 2.24) is 15.2 Å². The minimum atomic E-state index is -0.551. The van der Waals surface area contributed by atoms with Crippen molar-refractivity contribution in [3.63, 3.8) is 0 Å². The third-order valence-electron chi connectivity index (χ3n) is 5.03. The van der Waals surface area contributed by atoms with Gasteiger partial charge in [-0.05, 0) is 37.8 Å². The van der Waals surface area contributed by atoms with Crippen LogP contribution in [-0.2, 0) is 14.3 Å². The standard InChI is InChI=1S/C21H23N3O4/c1-24(11-19(25)22-14-8-9-14)20(26)12-28-21(27)16-10-18(13-6-7-13)23-17-5-3-2-4-15(16)17/h2-5,10,13-14H,6-9,11-12H2,1H3,(H,22,25). The van der Waals surface area contributed by atoms with E-state index in [4.69, 9.17) is 4.74 Å². The van der Waals surface area contributed by atoms with Crippen LogP contribution in [0, 0.1) is 0 Å². The Kier molecular flexibility index (Phi) is 4.98. The molecule has 2 amide bonds. The summed E-state index contributed by atoms with van der Waals surface area (Å²) in [5.74, 6) is -0.766. The van der Waals surface area contributed by atoms with E-state index in [1.165, 1.54) is 11.9 Å². The number of amides is 2. The highest BCUT2D eigenvalue weighted by Gasteiger charge is 2.28. The van der Waals surface area contributed by atoms with E-state index >= 15 is 0 Å². The molecule has 1 aromatic heterocycles. The number of benzene rings is 1. The number of esters is 1. The summed E-state index contributed by atoms with van der Waals surface area (Å²) in [4.78, 5) is 42.6. The van der Waals surface area contributed by atoms with Gasteiger partial charge in [0.05, 0.1) is 17.6 Å². The SMILES string of the molecule is CN(CC(=O)NC1CC1)C(=O)COC(=O)c1cc(C2CC2)nc2ccccc12. The van der Waals surface area contributed by atoms with Crippen LogP contribution in [0.2, 0.25) is 0 Å². The van der Waals surface area contributed by atoms with Gasteiger partial charge in [-0.25, -0.2) is 4.79 Å². The lowest BCUT2D eigenvalue weighted by atomic mass is 10.1. The minimum Gasteiger partial charge on any atom is -0.452 e. The predicted molar refractivity (Wildman–Crippen MR) is 103 cm³/mol. The second-order valence-corrected chi connectivity index (χ2v) is 7.55. The van der Waals surface area contributed by atoms with E-state index in [9.17, 15) is 14.4 Å². The molecule has 0 saturated heterocycles. The molecule has 2 saturated carbocycles. The lowest BCUT2D eigenvalue weighted by Gasteiger charge is -2.17. The van der Waals surface area contributed by atoms with Crippen molar-refractivity contribution in [2.75, 3.05) is 20.2 Å². The van der Waals surface area contributed by atoms with E-state index in [1.54, 1.807) is 6.07 Å². The Morgan fingerprint density at radius 3 is 2.64 bits per heavy atom. The third kappa shape index (κ3) is 4.30. The molecule has 146 valence electrons. The van der Waals surface area contributed by atoms with Crippen LogP contribution in [0.4, 0.5) is 0 Å². The van der Waals surface area contributed by atoms with Gasteiger partial charge in [0.2, 0.25) is 5.91 Å². The molecule has 28 heavy (non-hydrogen) atoms. The maximum absolute atomic E-state index is 12.7. The van der Waals surface area contributed by atoms with E-state index in [2.05, 4.69) is 10.3 Å². The fourth-order valence-corrected chi connectivity index (χ4v) is 3.07. The van der Waals surface area contributed by atoms with Crippen LogP contribution in [-0.4, -0.2) is 53.9 Å². The molecular formula is C21H23N3O4. The largest absolute Gasteiger partial charge is 0.452 e. The highest BCUT2D eigenvalue weighted by atomic mass is 16.5. The summed E-state index contributed by atoms with van der Waals surface area (Å²) in [6.45, 7) is -0.446. The van der Waals surface area contributed by atoms with Gasteiger partial charge in [-0.15, -0.1) is 0 Å². The second kappa shape index (κ2) is 7.58. The number of ether oxygens (including phenoxy) is 1. The Morgan fingerprint density at radius 1 is 1.18 bits per heavy atom. The summed E-state index contributed by atoms with van der Waals surface area (Å²) < 4.78 is 5.26. The number of hydrogen-bond donors (Lipinski definition) is 1. The topological polar surface area (TPSA) is 88.6 Å². The molecule has 0 atom stereocenters. The third-order valence-corrected chi connectivity index (χ3v) is 5.03. The number of rotatable bonds is 7. The van der Waals surface area contributed by atoms with Gasteiger partial charge in [-0.1, -0.05) is 18.2 Å². The van der Waals surface area contributed by atoms with Crippen molar-refractivity contribution in [2.24, 2.45) is 0 Å². The summed E-state index contributed by atoms with van der Waals surface area (Å²) in [6, 6.07) is 9.44. The molecule has 0 radical (unpaired) electrons. The highest BCUT2D eigenvalue weighted by molar-refractivity contribution is 6.04. The van der Waals surface area contributed by atoms with E-state index < -0.39 is 18.5 Å². The van der Waals surface area contributed by atoms with E-state index in [0.29, 0.717) is 16.9 Å². The summed E-state index contributed by atoms with van der Waals surface area (Å²) >= 11 is 0. The summed E-state index contributed by atoms with van der Waals surface area (Å²) in [6.07, 6.45) is 4.13. The first-order valence-electron chi connectivity index (χ1n) is 9.61. The first-order valence-corrected chi connectivity index (χ1v) is 9.61. The molecule has 7 heteroatoms. The molecule has 0 aliphatic heterocycles. The van der Waals surface area contributed by atoms with Gasteiger partial charge in [-0.3, -0.25) is 14.6 Å². The van der Waals surface area contributed by atoms with Crippen LogP contribution in [0.5, 0.6) is 0 Å². The van der Waals surface area contributed by atoms with Crippen molar-refractivity contribution >= 4 is 28.7 Å². The maximum Gasteiger partial charge on any atom is 0.339 e. The van der Waals surface area contributed by atoms with Crippen LogP contribution in [0.15, 0.2) is 30.3 Å². The average molecular weight is 381 g/mol. The van der Waals surface area contributed by atoms with Crippen LogP contribution >= 0.6 is 0 Å². The monoisotopic (exact) mass is 381 g/mol. The van der Waals surface area contributed by atoms with Crippen molar-refractivity contribution in [3.8, 4) is 0 Å². The van der Waals surface area contributed by atoms with Crippen LogP contribution in [0.3, 0.4) is 0 Å². The molecule has 1 aromatic carbocycles. The zero-order valence-electron chi connectivity index (χ0n) is 15.8. The van der Waals surface area contributed by atoms with Gasteiger partial charge in [0.1, 0.15) is 0 Å². The number of carbonyl (C=O) groups is 3. The maximum atomic E-state index is 12.7. The van der Waals surface area contributed by atoms with Crippen molar-refractivity contribution < 1.29 is 19.1 Å². The summed E-state index contributed by atoms with van der Waals surface area (Å²) in [7, 11) is 1.52. The number of carbonyl (C=O) groups excluding carboxylic acids is 3. The van der Waals surface area contributed by atoms with E-state index in [-0.39, 0.29) is 18.5 Å². The number of pyridine rings is 1. The summed E-state index contributed by atoms with van der Waals surface area (Å²) in [5, 5.41) is 3.54. The Labute approximate surface area is 163 Å². The van der Waals surface area contributed by atoms with E-state index in [1.807, 2.05) is 24.3 Å². The molecule has 1 N–H and O–H groups in total. The first-order chi connectivity index (χ1) is 13.5. The number of para-hydroxylation sites is 1. The quantitative estimate of drug-likeness (QED) is 0.741. The van der Waals surface area contributed by atoms with Gasteiger partial charge in [0.25, 0.3) is 5.91 Å². The average Bonchev–Trinajstić information content (AvgIpc) is 3.59. The Bertz CT molecular complexity index is 934. The smallest absolute Gasteiger partial charge is 0.339 e. The zero-order valence-corrected chi connectivity index (χ0v) is 15.8. The Morgan fingerprint density at radius 2 is 1.93 bits per heavy atom. The normalized spacial score (nSPS) is 15.9. The summed E-state index contributed by atoms with van der Waals surface area (Å²) in [5.41, 5.74) is 2.07. The number of aromatic nitrogens is 1. The lowest BCUT2D eigenvalue weighted by Crippen LogP contribution is -2.40. The molecule has 7 nitrogen and oxygen atoms in total. The molecule has 0 unspecified atom stereocenters. The van der Waals surface area contributed by atoms with Crippen molar-refractivity contribution in [3.05, 3.63) is 41.6 Å². The number of fused-ring (bicyclic) bond motifs is 1. The number of nitrogens with zero attached hydrogens (tertiary/aromatic N) is 2. The highest BCUT2D eigenvalue weighted by Crippen LogP contribution is 2.40. The molecule has 1 heterocycles. The van der Waals surface area contributed by atoms with Crippen molar-refractivity contribution in [2.45, 2.75) is 37.6 Å². The van der Waals surface area contributed by atoms with Crippen molar-refractivity contribution in [1.29, 1.82) is 0 Å². The Hall–Kier alpha value is -2.96. The molecule has 2 aromatic rings. The van der Waals surface area contributed by atoms with Gasteiger partial charge in [0, 0.05) is 30.1 Å². The van der Waals surface area contributed by atoms with Gasteiger partial charge in [0.15, 0.2) is 6.61 Å². The second-order valence-electron chi connectivity index (χ2n) is 7.55. The number of hydrogen-bond acceptors (Lipinski definition) is 5. The number of likely N-dealkylation sites (N-methyl/N-ethyl adjacent to an activating group) is 1. The minimum absolute atomic E-state index is 0.0447. The lowest BCUT2D eigenvalue weighted by molar-refractivity contribution is -0.137. The van der Waals surface area contributed by atoms with Gasteiger partial charge in [-0.2, -0.15) is 0 Å². The molecule has 2 fully saturated rings. The predicted octanol–water partition coefficient (Wildman–Crippen LogP) is 2.01. The van der Waals surface area contributed by atoms with E-state index in [0.717, 1.165) is 36.9 Å². The van der Waals surface area contributed by atoms with Crippen LogP contribution < -0.4 is 5.32 Å².